The van der Waals surface area contributed by atoms with E-state index in [-0.39, 0.29) is 36.1 Å². The van der Waals surface area contributed by atoms with E-state index in [1.807, 2.05) is 33.0 Å². The summed E-state index contributed by atoms with van der Waals surface area (Å²) in [5, 5.41) is 6.72. The maximum absolute atomic E-state index is 12.0. The molecule has 0 aliphatic carbocycles. The van der Waals surface area contributed by atoms with Crippen molar-refractivity contribution in [2.45, 2.75) is 58.2 Å². The maximum Gasteiger partial charge on any atom is 0.410 e. The molecule has 2 N–H and O–H groups in total. The van der Waals surface area contributed by atoms with E-state index in [0.29, 0.717) is 19.6 Å². The predicted molar refractivity (Wildman–Crippen MR) is 131 cm³/mol. The first-order valence-corrected chi connectivity index (χ1v) is 10.5. The van der Waals surface area contributed by atoms with Gasteiger partial charge in [-0.05, 0) is 57.7 Å². The number of hydrogen-bond donors (Lipinski definition) is 2. The van der Waals surface area contributed by atoms with E-state index in [9.17, 15) is 4.79 Å². The zero-order valence-electron chi connectivity index (χ0n) is 18.5. The van der Waals surface area contributed by atoms with Crippen molar-refractivity contribution < 1.29 is 9.53 Å². The average Bonchev–Trinajstić information content (AvgIpc) is 2.66. The first kappa shape index (κ1) is 24.5. The number of halogens is 1. The molecule has 0 bridgehead atoms. The van der Waals surface area contributed by atoms with Crippen molar-refractivity contribution in [2.75, 3.05) is 38.1 Å². The molecular formula is C21H35IN6O2. The highest BCUT2D eigenvalue weighted by Crippen LogP contribution is 2.18. The standard InChI is InChI=1S/C21H34N6O2.HI/c1-21(2,3)29-20(28)27-14-17(15-27)25-19(22-4)24-13-16-8-9-23-18(12-16)26-10-6-5-7-11-26;/h8-9,12,17H,5-7,10-11,13-15H2,1-4H3,(H2,22,24,25);1H. The van der Waals surface area contributed by atoms with Gasteiger partial charge in [-0.2, -0.15) is 0 Å². The van der Waals surface area contributed by atoms with Gasteiger partial charge >= 0.3 is 6.09 Å². The largest absolute Gasteiger partial charge is 0.444 e. The van der Waals surface area contributed by atoms with Crippen LogP contribution >= 0.6 is 24.0 Å². The van der Waals surface area contributed by atoms with Crippen LogP contribution in [0.1, 0.15) is 45.6 Å². The number of carbonyl (C=O) groups is 1. The molecule has 2 aliphatic rings. The molecule has 1 amide bonds. The molecule has 0 spiro atoms. The van der Waals surface area contributed by atoms with Gasteiger partial charge in [-0.3, -0.25) is 4.99 Å². The van der Waals surface area contributed by atoms with Crippen molar-refractivity contribution in [1.82, 2.24) is 20.5 Å². The second-order valence-electron chi connectivity index (χ2n) is 8.72. The van der Waals surface area contributed by atoms with Crippen LogP contribution in [0.5, 0.6) is 0 Å². The molecule has 1 aromatic heterocycles. The Morgan fingerprint density at radius 3 is 2.60 bits per heavy atom. The van der Waals surface area contributed by atoms with Crippen LogP contribution in [-0.4, -0.2) is 66.8 Å². The third-order valence-electron chi connectivity index (χ3n) is 5.05. The normalized spacial score (nSPS) is 17.7. The first-order valence-electron chi connectivity index (χ1n) is 10.5. The summed E-state index contributed by atoms with van der Waals surface area (Å²) in [4.78, 5) is 24.9. The Balaban J connectivity index is 0.00000320. The number of aromatic nitrogens is 1. The van der Waals surface area contributed by atoms with E-state index in [2.05, 4.69) is 31.6 Å². The van der Waals surface area contributed by atoms with Gasteiger partial charge in [0.05, 0.1) is 6.04 Å². The fourth-order valence-electron chi connectivity index (χ4n) is 3.49. The molecule has 0 saturated carbocycles. The zero-order valence-corrected chi connectivity index (χ0v) is 20.8. The van der Waals surface area contributed by atoms with Gasteiger partial charge in [-0.25, -0.2) is 9.78 Å². The van der Waals surface area contributed by atoms with Crippen LogP contribution in [0.15, 0.2) is 23.3 Å². The molecule has 3 heterocycles. The van der Waals surface area contributed by atoms with Crippen LogP contribution in [0.25, 0.3) is 0 Å². The molecule has 1 aromatic rings. The van der Waals surface area contributed by atoms with Crippen LogP contribution < -0.4 is 15.5 Å². The predicted octanol–water partition coefficient (Wildman–Crippen LogP) is 2.97. The molecule has 2 saturated heterocycles. The number of amides is 1. The summed E-state index contributed by atoms with van der Waals surface area (Å²) in [5.74, 6) is 1.79. The summed E-state index contributed by atoms with van der Waals surface area (Å²) in [6, 6.07) is 4.36. The summed E-state index contributed by atoms with van der Waals surface area (Å²) in [6.07, 6.45) is 5.40. The lowest BCUT2D eigenvalue weighted by Crippen LogP contribution is -2.63. The van der Waals surface area contributed by atoms with Gasteiger partial charge in [0.1, 0.15) is 11.4 Å². The zero-order chi connectivity index (χ0) is 20.9. The van der Waals surface area contributed by atoms with Crippen LogP contribution in [0.3, 0.4) is 0 Å². The molecule has 0 aromatic carbocycles. The summed E-state index contributed by atoms with van der Waals surface area (Å²) in [5.41, 5.74) is 0.706. The molecule has 0 unspecified atom stereocenters. The SMILES string of the molecule is CN=C(NCc1ccnc(N2CCCCC2)c1)NC1CN(C(=O)OC(C)(C)C)C1.I. The number of aliphatic imine (C=N–C) groups is 1. The third-order valence-corrected chi connectivity index (χ3v) is 5.05. The molecular weight excluding hydrogens is 495 g/mol. The van der Waals surface area contributed by atoms with E-state index in [1.165, 1.54) is 24.8 Å². The molecule has 0 atom stereocenters. The second-order valence-corrected chi connectivity index (χ2v) is 8.72. The summed E-state index contributed by atoms with van der Waals surface area (Å²) in [6.45, 7) is 9.71. The van der Waals surface area contributed by atoms with Gasteiger partial charge in [0.2, 0.25) is 0 Å². The van der Waals surface area contributed by atoms with Crippen molar-refractivity contribution in [3.63, 3.8) is 0 Å². The monoisotopic (exact) mass is 530 g/mol. The highest BCUT2D eigenvalue weighted by Gasteiger charge is 2.34. The number of guanidine groups is 1. The summed E-state index contributed by atoms with van der Waals surface area (Å²) < 4.78 is 5.39. The minimum Gasteiger partial charge on any atom is -0.444 e. The van der Waals surface area contributed by atoms with E-state index in [1.54, 1.807) is 11.9 Å². The topological polar surface area (TPSA) is 82.1 Å². The quantitative estimate of drug-likeness (QED) is 0.354. The van der Waals surface area contributed by atoms with Gasteiger partial charge in [0.15, 0.2) is 5.96 Å². The Morgan fingerprint density at radius 1 is 1.27 bits per heavy atom. The van der Waals surface area contributed by atoms with Crippen molar-refractivity contribution in [3.8, 4) is 0 Å². The molecule has 0 radical (unpaired) electrons. The number of rotatable bonds is 4. The van der Waals surface area contributed by atoms with Gasteiger partial charge in [0.25, 0.3) is 0 Å². The number of pyridine rings is 1. The summed E-state index contributed by atoms with van der Waals surface area (Å²) >= 11 is 0. The summed E-state index contributed by atoms with van der Waals surface area (Å²) in [7, 11) is 1.76. The Hall–Kier alpha value is -1.78. The van der Waals surface area contributed by atoms with E-state index in [0.717, 1.165) is 24.9 Å². The number of likely N-dealkylation sites (tertiary alicyclic amines) is 1. The van der Waals surface area contributed by atoms with Gasteiger partial charge < -0.3 is 25.2 Å². The fourth-order valence-corrected chi connectivity index (χ4v) is 3.49. The minimum absolute atomic E-state index is 0. The number of hydrogen-bond acceptors (Lipinski definition) is 5. The lowest BCUT2D eigenvalue weighted by atomic mass is 10.1. The molecule has 9 heteroatoms. The Morgan fingerprint density at radius 2 is 1.97 bits per heavy atom. The molecule has 8 nitrogen and oxygen atoms in total. The number of ether oxygens (including phenoxy) is 1. The Kier molecular flexibility index (Phi) is 8.99. The van der Waals surface area contributed by atoms with Crippen molar-refractivity contribution in [2.24, 2.45) is 4.99 Å². The Bertz CT molecular complexity index is 724. The van der Waals surface area contributed by atoms with Crippen LogP contribution in [0.2, 0.25) is 0 Å². The highest BCUT2D eigenvalue weighted by atomic mass is 127. The smallest absolute Gasteiger partial charge is 0.410 e. The first-order chi connectivity index (χ1) is 13.8. The van der Waals surface area contributed by atoms with Crippen LogP contribution in [-0.2, 0) is 11.3 Å². The van der Waals surface area contributed by atoms with Crippen molar-refractivity contribution in [3.05, 3.63) is 23.9 Å². The fraction of sp³-hybridized carbons (Fsp3) is 0.667. The number of anilines is 1. The maximum atomic E-state index is 12.0. The van der Waals surface area contributed by atoms with Gasteiger partial charge in [-0.1, -0.05) is 0 Å². The molecule has 30 heavy (non-hydrogen) atoms. The lowest BCUT2D eigenvalue weighted by Gasteiger charge is -2.40. The van der Waals surface area contributed by atoms with E-state index in [4.69, 9.17) is 4.74 Å². The third kappa shape index (κ3) is 7.17. The van der Waals surface area contributed by atoms with Crippen LogP contribution in [0.4, 0.5) is 10.6 Å². The molecule has 2 aliphatic heterocycles. The molecule has 168 valence electrons. The average molecular weight is 530 g/mol. The minimum atomic E-state index is -0.467. The van der Waals surface area contributed by atoms with E-state index < -0.39 is 5.60 Å². The lowest BCUT2D eigenvalue weighted by molar-refractivity contribution is 0.00701. The number of piperidine rings is 1. The van der Waals surface area contributed by atoms with E-state index >= 15 is 0 Å². The highest BCUT2D eigenvalue weighted by molar-refractivity contribution is 14.0. The van der Waals surface area contributed by atoms with Gasteiger partial charge in [-0.15, -0.1) is 24.0 Å². The molecule has 3 rings (SSSR count). The van der Waals surface area contributed by atoms with Gasteiger partial charge in [0, 0.05) is 46.0 Å². The van der Waals surface area contributed by atoms with Crippen LogP contribution in [0, 0.1) is 0 Å². The number of carbonyl (C=O) groups excluding carboxylic acids is 1. The van der Waals surface area contributed by atoms with Crippen molar-refractivity contribution in [1.29, 1.82) is 0 Å². The second kappa shape index (κ2) is 11.0. The van der Waals surface area contributed by atoms with Crippen molar-refractivity contribution >= 4 is 41.8 Å². The number of nitrogens with zero attached hydrogens (tertiary/aromatic N) is 4. The Labute approximate surface area is 196 Å². The number of nitrogens with one attached hydrogen (secondary N) is 2. The molecule has 2 fully saturated rings.